The SMILES string of the molecule is CS(=O)(=O)N(CCCC(=O)Nc1ccc(Cc2ccncc2)cc1)c1ccccc1C(F)(F)F. The number of nitrogens with zero attached hydrogens (tertiary/aromatic N) is 2. The fourth-order valence-electron chi connectivity index (χ4n) is 3.44. The Morgan fingerprint density at radius 2 is 1.59 bits per heavy atom. The highest BCUT2D eigenvalue weighted by atomic mass is 32.2. The first-order chi connectivity index (χ1) is 16.0. The van der Waals surface area contributed by atoms with Gasteiger partial charge in [0.25, 0.3) is 0 Å². The van der Waals surface area contributed by atoms with E-state index in [9.17, 15) is 26.4 Å². The summed E-state index contributed by atoms with van der Waals surface area (Å²) in [7, 11) is -3.99. The Hall–Kier alpha value is -3.40. The summed E-state index contributed by atoms with van der Waals surface area (Å²) < 4.78 is 65.1. The van der Waals surface area contributed by atoms with Crippen molar-refractivity contribution in [3.63, 3.8) is 0 Å². The van der Waals surface area contributed by atoms with E-state index in [4.69, 9.17) is 0 Å². The Morgan fingerprint density at radius 3 is 2.21 bits per heavy atom. The summed E-state index contributed by atoms with van der Waals surface area (Å²) in [6.45, 7) is -0.260. The number of para-hydroxylation sites is 1. The normalized spacial score (nSPS) is 11.8. The Labute approximate surface area is 196 Å². The van der Waals surface area contributed by atoms with E-state index in [2.05, 4.69) is 10.3 Å². The number of carbonyl (C=O) groups is 1. The van der Waals surface area contributed by atoms with Crippen molar-refractivity contribution in [2.75, 3.05) is 22.4 Å². The van der Waals surface area contributed by atoms with E-state index in [0.29, 0.717) is 9.99 Å². The van der Waals surface area contributed by atoms with Gasteiger partial charge in [0.2, 0.25) is 15.9 Å². The van der Waals surface area contributed by atoms with Gasteiger partial charge in [0, 0.05) is 31.0 Å². The standard InChI is InChI=1S/C24H24F3N3O3S/c1-34(32,33)30(22-6-3-2-5-21(22)24(25,26)27)16-4-7-23(31)29-20-10-8-18(9-11-20)17-19-12-14-28-15-13-19/h2-3,5-6,8-15H,4,7,16-17H2,1H3,(H,29,31). The number of sulfonamides is 1. The van der Waals surface area contributed by atoms with Crippen LogP contribution in [0.25, 0.3) is 0 Å². The molecule has 0 spiro atoms. The van der Waals surface area contributed by atoms with Crippen LogP contribution in [0.1, 0.15) is 29.5 Å². The highest BCUT2D eigenvalue weighted by Crippen LogP contribution is 2.37. The molecule has 0 bridgehead atoms. The molecule has 1 heterocycles. The Bertz CT molecular complexity index is 1220. The zero-order chi connectivity index (χ0) is 24.8. The van der Waals surface area contributed by atoms with Crippen LogP contribution in [-0.2, 0) is 27.4 Å². The van der Waals surface area contributed by atoms with Gasteiger partial charge in [0.1, 0.15) is 0 Å². The predicted molar refractivity (Wildman–Crippen MR) is 125 cm³/mol. The maximum Gasteiger partial charge on any atom is 0.418 e. The van der Waals surface area contributed by atoms with Crippen molar-refractivity contribution in [1.82, 2.24) is 4.98 Å². The summed E-state index contributed by atoms with van der Waals surface area (Å²) in [6.07, 6.45) is 0.281. The van der Waals surface area contributed by atoms with Crippen LogP contribution in [0.15, 0.2) is 73.1 Å². The summed E-state index contributed by atoms with van der Waals surface area (Å²) in [6, 6.07) is 15.6. The van der Waals surface area contributed by atoms with Crippen LogP contribution in [-0.4, -0.2) is 32.1 Å². The van der Waals surface area contributed by atoms with E-state index in [-0.39, 0.29) is 25.3 Å². The molecule has 0 aliphatic rings. The fraction of sp³-hybridized carbons (Fsp3) is 0.250. The number of benzene rings is 2. The molecular formula is C24H24F3N3O3S. The average molecular weight is 492 g/mol. The number of halogens is 3. The Kier molecular flexibility index (Phi) is 7.93. The fourth-order valence-corrected chi connectivity index (χ4v) is 4.42. The molecule has 0 saturated heterocycles. The minimum absolute atomic E-state index is 0.0468. The molecule has 10 heteroatoms. The van der Waals surface area contributed by atoms with Crippen molar-refractivity contribution < 1.29 is 26.4 Å². The zero-order valence-corrected chi connectivity index (χ0v) is 19.2. The van der Waals surface area contributed by atoms with Gasteiger partial charge < -0.3 is 5.32 Å². The van der Waals surface area contributed by atoms with Gasteiger partial charge in [0.15, 0.2) is 0 Å². The highest BCUT2D eigenvalue weighted by Gasteiger charge is 2.36. The van der Waals surface area contributed by atoms with Crippen LogP contribution in [0.5, 0.6) is 0 Å². The summed E-state index contributed by atoms with van der Waals surface area (Å²) in [5.74, 6) is -0.362. The molecule has 34 heavy (non-hydrogen) atoms. The van der Waals surface area contributed by atoms with Crippen molar-refractivity contribution in [2.24, 2.45) is 0 Å². The lowest BCUT2D eigenvalue weighted by molar-refractivity contribution is -0.137. The third-order valence-corrected chi connectivity index (χ3v) is 6.22. The van der Waals surface area contributed by atoms with Gasteiger partial charge in [-0.3, -0.25) is 14.1 Å². The molecule has 180 valence electrons. The average Bonchev–Trinajstić information content (AvgIpc) is 2.77. The molecule has 0 radical (unpaired) electrons. The maximum atomic E-state index is 13.4. The molecule has 0 aliphatic heterocycles. The molecule has 1 N–H and O–H groups in total. The number of hydrogen-bond donors (Lipinski definition) is 1. The quantitative estimate of drug-likeness (QED) is 0.463. The van der Waals surface area contributed by atoms with Gasteiger partial charge in [-0.15, -0.1) is 0 Å². The number of aromatic nitrogens is 1. The first-order valence-electron chi connectivity index (χ1n) is 10.5. The lowest BCUT2D eigenvalue weighted by Crippen LogP contribution is -2.33. The molecule has 3 aromatic rings. The summed E-state index contributed by atoms with van der Waals surface area (Å²) in [5.41, 5.74) is 1.23. The van der Waals surface area contributed by atoms with Crippen LogP contribution < -0.4 is 9.62 Å². The predicted octanol–water partition coefficient (Wildman–Crippen LogP) is 4.88. The van der Waals surface area contributed by atoms with Crippen LogP contribution in [0.4, 0.5) is 24.5 Å². The van der Waals surface area contributed by atoms with E-state index in [0.717, 1.165) is 35.9 Å². The van der Waals surface area contributed by atoms with E-state index < -0.39 is 27.5 Å². The van der Waals surface area contributed by atoms with Crippen LogP contribution in [0.3, 0.4) is 0 Å². The largest absolute Gasteiger partial charge is 0.418 e. The maximum absolute atomic E-state index is 13.4. The number of alkyl halides is 3. The molecular weight excluding hydrogens is 467 g/mol. The number of nitrogens with one attached hydrogen (secondary N) is 1. The van der Waals surface area contributed by atoms with Crippen molar-refractivity contribution in [3.05, 3.63) is 89.7 Å². The molecule has 1 amide bonds. The van der Waals surface area contributed by atoms with Crippen molar-refractivity contribution in [1.29, 1.82) is 0 Å². The molecule has 1 aromatic heterocycles. The first-order valence-corrected chi connectivity index (χ1v) is 12.3. The number of pyridine rings is 1. The molecule has 0 unspecified atom stereocenters. The van der Waals surface area contributed by atoms with E-state index in [1.807, 2.05) is 24.3 Å². The molecule has 0 fully saturated rings. The summed E-state index contributed by atoms with van der Waals surface area (Å²) in [5, 5.41) is 2.72. The molecule has 0 saturated carbocycles. The molecule has 0 aliphatic carbocycles. The van der Waals surface area contributed by atoms with Gasteiger partial charge in [-0.25, -0.2) is 8.42 Å². The number of anilines is 2. The van der Waals surface area contributed by atoms with Crippen molar-refractivity contribution in [3.8, 4) is 0 Å². The van der Waals surface area contributed by atoms with E-state index >= 15 is 0 Å². The second-order valence-corrected chi connectivity index (χ2v) is 9.64. The number of amides is 1. The topological polar surface area (TPSA) is 79.4 Å². The molecule has 0 atom stereocenters. The van der Waals surface area contributed by atoms with Gasteiger partial charge in [-0.1, -0.05) is 24.3 Å². The monoisotopic (exact) mass is 491 g/mol. The van der Waals surface area contributed by atoms with Gasteiger partial charge in [-0.2, -0.15) is 13.2 Å². The minimum atomic E-state index is -4.71. The number of carbonyl (C=O) groups excluding carboxylic acids is 1. The zero-order valence-electron chi connectivity index (χ0n) is 18.4. The molecule has 6 nitrogen and oxygen atoms in total. The van der Waals surface area contributed by atoms with Crippen LogP contribution in [0.2, 0.25) is 0 Å². The lowest BCUT2D eigenvalue weighted by atomic mass is 10.1. The van der Waals surface area contributed by atoms with Crippen LogP contribution >= 0.6 is 0 Å². The Morgan fingerprint density at radius 1 is 0.971 bits per heavy atom. The summed E-state index contributed by atoms with van der Waals surface area (Å²) >= 11 is 0. The van der Waals surface area contributed by atoms with Crippen molar-refractivity contribution >= 4 is 27.3 Å². The Balaban J connectivity index is 1.59. The molecule has 3 rings (SSSR count). The molecule has 2 aromatic carbocycles. The third kappa shape index (κ3) is 7.05. The highest BCUT2D eigenvalue weighted by molar-refractivity contribution is 7.92. The first kappa shape index (κ1) is 25.2. The van der Waals surface area contributed by atoms with Gasteiger partial charge in [0.05, 0.1) is 17.5 Å². The summed E-state index contributed by atoms with van der Waals surface area (Å²) in [4.78, 5) is 16.3. The van der Waals surface area contributed by atoms with Crippen LogP contribution in [0, 0.1) is 0 Å². The minimum Gasteiger partial charge on any atom is -0.326 e. The second kappa shape index (κ2) is 10.7. The van der Waals surface area contributed by atoms with Gasteiger partial charge in [-0.05, 0) is 60.4 Å². The van der Waals surface area contributed by atoms with Gasteiger partial charge >= 0.3 is 6.18 Å². The second-order valence-electron chi connectivity index (χ2n) is 7.73. The van der Waals surface area contributed by atoms with Crippen molar-refractivity contribution in [2.45, 2.75) is 25.4 Å². The number of rotatable bonds is 9. The van der Waals surface area contributed by atoms with E-state index in [1.165, 1.54) is 12.1 Å². The third-order valence-electron chi connectivity index (χ3n) is 5.04. The van der Waals surface area contributed by atoms with E-state index in [1.54, 1.807) is 24.5 Å². The lowest BCUT2D eigenvalue weighted by Gasteiger charge is -2.25. The smallest absolute Gasteiger partial charge is 0.326 e. The number of hydrogen-bond acceptors (Lipinski definition) is 4.